The second kappa shape index (κ2) is 9.13. The van der Waals surface area contributed by atoms with E-state index in [1.165, 1.54) is 0 Å². The van der Waals surface area contributed by atoms with Gasteiger partial charge in [0.05, 0.1) is 0 Å². The van der Waals surface area contributed by atoms with E-state index < -0.39 is 0 Å². The van der Waals surface area contributed by atoms with Crippen molar-refractivity contribution in [3.05, 3.63) is 42.4 Å². The normalized spacial score (nSPS) is 9.95. The van der Waals surface area contributed by atoms with Crippen molar-refractivity contribution in [1.29, 1.82) is 0 Å². The molecule has 2 rings (SSSR count). The van der Waals surface area contributed by atoms with Crippen molar-refractivity contribution < 1.29 is 26.3 Å². The molecule has 6 heteroatoms. The molecule has 0 aliphatic carbocycles. The third-order valence-corrected chi connectivity index (χ3v) is 2.99. The van der Waals surface area contributed by atoms with Crippen molar-refractivity contribution in [1.82, 2.24) is 5.16 Å². The maximum atomic E-state index is 11.7. The first kappa shape index (κ1) is 17.2. The SMILES string of the molecule is Cc1cc(NC(=O)CCCCC[n+]2ccccc2)no1.[Cl-]. The van der Waals surface area contributed by atoms with Gasteiger partial charge in [-0.3, -0.25) is 4.79 Å². The van der Waals surface area contributed by atoms with Crippen molar-refractivity contribution in [3.63, 3.8) is 0 Å². The zero-order valence-corrected chi connectivity index (χ0v) is 12.8. The second-order valence-electron chi connectivity index (χ2n) is 4.79. The van der Waals surface area contributed by atoms with Crippen LogP contribution < -0.4 is 22.3 Å². The first-order chi connectivity index (χ1) is 9.74. The van der Waals surface area contributed by atoms with Gasteiger partial charge in [0.15, 0.2) is 18.2 Å². The van der Waals surface area contributed by atoms with Crippen LogP contribution in [0.4, 0.5) is 5.82 Å². The monoisotopic (exact) mass is 309 g/mol. The highest BCUT2D eigenvalue weighted by Crippen LogP contribution is 2.08. The number of pyridine rings is 1. The van der Waals surface area contributed by atoms with E-state index in [-0.39, 0.29) is 18.3 Å². The van der Waals surface area contributed by atoms with E-state index in [1.807, 2.05) is 18.2 Å². The molecule has 0 aliphatic heterocycles. The number of carbonyl (C=O) groups excluding carboxylic acids is 1. The number of unbranched alkanes of at least 4 members (excludes halogenated alkanes) is 2. The van der Waals surface area contributed by atoms with Crippen LogP contribution in [0.25, 0.3) is 0 Å². The lowest BCUT2D eigenvalue weighted by atomic mass is 10.2. The Labute approximate surface area is 130 Å². The van der Waals surface area contributed by atoms with Gasteiger partial charge < -0.3 is 22.2 Å². The summed E-state index contributed by atoms with van der Waals surface area (Å²) < 4.78 is 7.04. The molecule has 0 unspecified atom stereocenters. The second-order valence-corrected chi connectivity index (χ2v) is 4.79. The van der Waals surface area contributed by atoms with Gasteiger partial charge >= 0.3 is 0 Å². The molecule has 2 heterocycles. The zero-order chi connectivity index (χ0) is 14.2. The summed E-state index contributed by atoms with van der Waals surface area (Å²) in [6.45, 7) is 2.79. The number of anilines is 1. The molecule has 5 nitrogen and oxygen atoms in total. The summed E-state index contributed by atoms with van der Waals surface area (Å²) in [5, 5.41) is 6.45. The number of hydrogen-bond donors (Lipinski definition) is 1. The van der Waals surface area contributed by atoms with Crippen LogP contribution in [0, 0.1) is 6.92 Å². The van der Waals surface area contributed by atoms with Crippen LogP contribution in [-0.4, -0.2) is 11.1 Å². The molecule has 2 aromatic heterocycles. The van der Waals surface area contributed by atoms with Gasteiger partial charge in [0.2, 0.25) is 5.91 Å². The summed E-state index contributed by atoms with van der Waals surface area (Å²) in [5.41, 5.74) is 0. The zero-order valence-electron chi connectivity index (χ0n) is 12.1. The number of nitrogens with zero attached hydrogens (tertiary/aromatic N) is 2. The number of carbonyl (C=O) groups is 1. The summed E-state index contributed by atoms with van der Waals surface area (Å²) in [6, 6.07) is 7.76. The minimum Gasteiger partial charge on any atom is -1.00 e. The molecule has 114 valence electrons. The first-order valence-electron chi connectivity index (χ1n) is 6.91. The molecule has 0 saturated carbocycles. The van der Waals surface area contributed by atoms with Crippen molar-refractivity contribution in [3.8, 4) is 0 Å². The van der Waals surface area contributed by atoms with Crippen LogP contribution in [0.15, 0.2) is 41.2 Å². The lowest BCUT2D eigenvalue weighted by Gasteiger charge is -2.01. The summed E-state index contributed by atoms with van der Waals surface area (Å²) in [7, 11) is 0. The van der Waals surface area contributed by atoms with Gasteiger partial charge in [0.25, 0.3) is 0 Å². The summed E-state index contributed by atoms with van der Waals surface area (Å²) in [4.78, 5) is 11.7. The molecule has 0 bridgehead atoms. The number of halogens is 1. The van der Waals surface area contributed by atoms with Crippen LogP contribution in [0.3, 0.4) is 0 Å². The average molecular weight is 310 g/mol. The molecule has 0 aromatic carbocycles. The fourth-order valence-corrected chi connectivity index (χ4v) is 1.97. The van der Waals surface area contributed by atoms with Crippen LogP contribution in [0.1, 0.15) is 31.4 Å². The Bertz CT molecular complexity index is 543. The number of hydrogen-bond acceptors (Lipinski definition) is 3. The molecule has 0 radical (unpaired) electrons. The highest BCUT2D eigenvalue weighted by molar-refractivity contribution is 5.89. The van der Waals surface area contributed by atoms with Crippen LogP contribution in [0.2, 0.25) is 0 Å². The number of rotatable bonds is 7. The molecular weight excluding hydrogens is 290 g/mol. The van der Waals surface area contributed by atoms with E-state index in [0.717, 1.165) is 25.8 Å². The van der Waals surface area contributed by atoms with Gasteiger partial charge in [0.1, 0.15) is 12.3 Å². The fraction of sp³-hybridized carbons (Fsp3) is 0.400. The fourth-order valence-electron chi connectivity index (χ4n) is 1.97. The Balaban J connectivity index is 0.00000220. The van der Waals surface area contributed by atoms with Crippen LogP contribution >= 0.6 is 0 Å². The maximum Gasteiger partial charge on any atom is 0.225 e. The lowest BCUT2D eigenvalue weighted by Crippen LogP contribution is -3.00. The molecule has 0 atom stereocenters. The number of nitrogens with one attached hydrogen (secondary N) is 1. The third-order valence-electron chi connectivity index (χ3n) is 2.99. The Morgan fingerprint density at radius 2 is 2.00 bits per heavy atom. The van der Waals surface area contributed by atoms with Gasteiger partial charge in [0, 0.05) is 31.0 Å². The van der Waals surface area contributed by atoms with Crippen molar-refractivity contribution >= 4 is 11.7 Å². The van der Waals surface area contributed by atoms with Gasteiger partial charge in [-0.25, -0.2) is 4.57 Å². The van der Waals surface area contributed by atoms with E-state index in [0.29, 0.717) is 18.0 Å². The standard InChI is InChI=1S/C15H19N3O2.ClH/c1-13-12-14(17-20-13)16-15(19)8-4-2-5-9-18-10-6-3-7-11-18;/h3,6-7,10-12H,2,4-5,8-9H2,1H3;1H. The molecule has 1 amide bonds. The molecule has 0 saturated heterocycles. The Morgan fingerprint density at radius 3 is 2.67 bits per heavy atom. The van der Waals surface area contributed by atoms with E-state index in [9.17, 15) is 4.79 Å². The summed E-state index contributed by atoms with van der Waals surface area (Å²) >= 11 is 0. The molecule has 0 aliphatic rings. The molecule has 1 N–H and O–H groups in total. The number of aryl methyl sites for hydroxylation is 2. The van der Waals surface area contributed by atoms with E-state index in [4.69, 9.17) is 4.52 Å². The molecule has 21 heavy (non-hydrogen) atoms. The van der Waals surface area contributed by atoms with E-state index in [1.54, 1.807) is 13.0 Å². The van der Waals surface area contributed by atoms with Crippen molar-refractivity contribution in [2.24, 2.45) is 0 Å². The van der Waals surface area contributed by atoms with Gasteiger partial charge in [-0.2, -0.15) is 0 Å². The topological polar surface area (TPSA) is 59.0 Å². The number of aromatic nitrogens is 2. The molecular formula is C15H20ClN3O2. The van der Waals surface area contributed by atoms with E-state index >= 15 is 0 Å². The molecule has 0 spiro atoms. The predicted octanol–water partition coefficient (Wildman–Crippen LogP) is -0.526. The first-order valence-corrected chi connectivity index (χ1v) is 6.91. The lowest BCUT2D eigenvalue weighted by molar-refractivity contribution is -0.697. The number of amides is 1. The molecule has 0 fully saturated rings. The quantitative estimate of drug-likeness (QED) is 0.553. The Hall–Kier alpha value is -1.88. The van der Waals surface area contributed by atoms with Gasteiger partial charge in [-0.1, -0.05) is 11.2 Å². The largest absolute Gasteiger partial charge is 1.00 e. The molecule has 2 aromatic rings. The maximum absolute atomic E-state index is 11.7. The minimum atomic E-state index is -0.00864. The van der Waals surface area contributed by atoms with Crippen LogP contribution in [0.5, 0.6) is 0 Å². The highest BCUT2D eigenvalue weighted by atomic mass is 35.5. The van der Waals surface area contributed by atoms with E-state index in [2.05, 4.69) is 27.4 Å². The summed E-state index contributed by atoms with van der Waals surface area (Å²) in [6.07, 6.45) is 7.62. The Kier molecular flexibility index (Phi) is 7.46. The third kappa shape index (κ3) is 6.40. The van der Waals surface area contributed by atoms with Gasteiger partial charge in [-0.05, 0) is 19.8 Å². The van der Waals surface area contributed by atoms with Gasteiger partial charge in [-0.15, -0.1) is 0 Å². The van der Waals surface area contributed by atoms with Crippen molar-refractivity contribution in [2.45, 2.75) is 39.2 Å². The average Bonchev–Trinajstić information content (AvgIpc) is 2.85. The van der Waals surface area contributed by atoms with Crippen molar-refractivity contribution in [2.75, 3.05) is 5.32 Å². The smallest absolute Gasteiger partial charge is 0.225 e. The minimum absolute atomic E-state index is 0. The summed E-state index contributed by atoms with van der Waals surface area (Å²) in [5.74, 6) is 1.18. The predicted molar refractivity (Wildman–Crippen MR) is 75.0 cm³/mol. The Morgan fingerprint density at radius 1 is 1.24 bits per heavy atom. The van der Waals surface area contributed by atoms with Crippen LogP contribution in [-0.2, 0) is 11.3 Å². The highest BCUT2D eigenvalue weighted by Gasteiger charge is 2.06.